The maximum atomic E-state index is 10.8. The second-order valence-electron chi connectivity index (χ2n) is 2.99. The fourth-order valence-electron chi connectivity index (χ4n) is 1.24. The fourth-order valence-corrected chi connectivity index (χ4v) is 1.44. The minimum atomic E-state index is -0.0232. The molecule has 1 N–H and O–H groups in total. The molecule has 0 aromatic carbocycles. The van der Waals surface area contributed by atoms with Gasteiger partial charge in [0, 0.05) is 21.0 Å². The molecule has 1 amide bonds. The van der Waals surface area contributed by atoms with Gasteiger partial charge in [-0.2, -0.15) is 0 Å². The molecule has 1 aliphatic rings. The van der Waals surface area contributed by atoms with Crippen LogP contribution in [0.2, 0.25) is 0 Å². The van der Waals surface area contributed by atoms with E-state index in [-0.39, 0.29) is 12.1 Å². The van der Waals surface area contributed by atoms with Crippen LogP contribution >= 0.6 is 12.2 Å². The molecule has 5 heteroatoms. The first kappa shape index (κ1) is 9.25. The number of hydrogen-bond acceptors (Lipinski definition) is 2. The standard InChI is InChI=1S/C7H13N3OS/c1-5(11)8-6-4-9(2)7(12)10(6)3/h6H,4H2,1-3H3,(H,8,11). The summed E-state index contributed by atoms with van der Waals surface area (Å²) < 4.78 is 0. The van der Waals surface area contributed by atoms with Gasteiger partial charge in [-0.05, 0) is 12.2 Å². The summed E-state index contributed by atoms with van der Waals surface area (Å²) in [6, 6.07) is 0. The van der Waals surface area contributed by atoms with E-state index in [1.165, 1.54) is 6.92 Å². The van der Waals surface area contributed by atoms with Gasteiger partial charge in [0.05, 0.1) is 6.54 Å². The highest BCUT2D eigenvalue weighted by molar-refractivity contribution is 7.80. The van der Waals surface area contributed by atoms with E-state index < -0.39 is 0 Å². The second-order valence-corrected chi connectivity index (χ2v) is 3.36. The quantitative estimate of drug-likeness (QED) is 0.567. The second kappa shape index (κ2) is 3.26. The molecule has 1 atom stereocenters. The molecule has 1 fully saturated rings. The number of hydrogen-bond donors (Lipinski definition) is 1. The first-order chi connectivity index (χ1) is 5.52. The predicted octanol–water partition coefficient (Wildman–Crippen LogP) is -0.389. The highest BCUT2D eigenvalue weighted by atomic mass is 32.1. The maximum absolute atomic E-state index is 10.8. The first-order valence-corrected chi connectivity index (χ1v) is 4.18. The highest BCUT2D eigenvalue weighted by Gasteiger charge is 2.29. The van der Waals surface area contributed by atoms with Gasteiger partial charge in [-0.1, -0.05) is 0 Å². The number of likely N-dealkylation sites (N-methyl/N-ethyl adjacent to an activating group) is 2. The van der Waals surface area contributed by atoms with Gasteiger partial charge in [0.2, 0.25) is 5.91 Å². The molecular weight excluding hydrogens is 174 g/mol. The van der Waals surface area contributed by atoms with Crippen LogP contribution in [0, 0.1) is 0 Å². The van der Waals surface area contributed by atoms with Crippen molar-refractivity contribution in [2.75, 3.05) is 20.6 Å². The van der Waals surface area contributed by atoms with Gasteiger partial charge in [-0.25, -0.2) is 0 Å². The summed E-state index contributed by atoms with van der Waals surface area (Å²) in [5, 5.41) is 3.58. The Morgan fingerprint density at radius 3 is 2.58 bits per heavy atom. The molecule has 0 aromatic heterocycles. The van der Waals surface area contributed by atoms with Crippen molar-refractivity contribution < 1.29 is 4.79 Å². The lowest BCUT2D eigenvalue weighted by Gasteiger charge is -2.19. The summed E-state index contributed by atoms with van der Waals surface area (Å²) in [7, 11) is 3.80. The number of amides is 1. The Labute approximate surface area is 77.5 Å². The molecule has 1 aliphatic heterocycles. The lowest BCUT2D eigenvalue weighted by atomic mass is 10.4. The van der Waals surface area contributed by atoms with Crippen molar-refractivity contribution in [2.45, 2.75) is 13.1 Å². The molecule has 0 bridgehead atoms. The molecule has 0 aliphatic carbocycles. The van der Waals surface area contributed by atoms with E-state index in [0.29, 0.717) is 0 Å². The van der Waals surface area contributed by atoms with E-state index in [1.807, 2.05) is 23.9 Å². The van der Waals surface area contributed by atoms with E-state index in [0.717, 1.165) is 11.7 Å². The zero-order valence-corrected chi connectivity index (χ0v) is 8.31. The first-order valence-electron chi connectivity index (χ1n) is 3.77. The lowest BCUT2D eigenvalue weighted by Crippen LogP contribution is -2.43. The van der Waals surface area contributed by atoms with Gasteiger partial charge in [-0.3, -0.25) is 4.79 Å². The smallest absolute Gasteiger partial charge is 0.218 e. The van der Waals surface area contributed by atoms with Crippen LogP contribution in [0.25, 0.3) is 0 Å². The van der Waals surface area contributed by atoms with Gasteiger partial charge in [0.1, 0.15) is 6.17 Å². The Morgan fingerprint density at radius 2 is 2.25 bits per heavy atom. The summed E-state index contributed by atoms with van der Waals surface area (Å²) in [4.78, 5) is 14.6. The number of carbonyl (C=O) groups excluding carboxylic acids is 1. The van der Waals surface area contributed by atoms with Crippen LogP contribution in [0.1, 0.15) is 6.92 Å². The van der Waals surface area contributed by atoms with Crippen molar-refractivity contribution in [1.29, 1.82) is 0 Å². The summed E-state index contributed by atoms with van der Waals surface area (Å²) in [6.45, 7) is 2.27. The molecule has 4 nitrogen and oxygen atoms in total. The topological polar surface area (TPSA) is 35.6 Å². The minimum Gasteiger partial charge on any atom is -0.348 e. The van der Waals surface area contributed by atoms with E-state index >= 15 is 0 Å². The third-order valence-electron chi connectivity index (χ3n) is 1.91. The monoisotopic (exact) mass is 187 g/mol. The highest BCUT2D eigenvalue weighted by Crippen LogP contribution is 2.09. The number of thiocarbonyl (C=S) groups is 1. The SMILES string of the molecule is CC(=O)NC1CN(C)C(=S)N1C. The average molecular weight is 187 g/mol. The Hall–Kier alpha value is -0.840. The van der Waals surface area contributed by atoms with Crippen molar-refractivity contribution in [1.82, 2.24) is 15.1 Å². The van der Waals surface area contributed by atoms with E-state index in [1.54, 1.807) is 0 Å². The summed E-state index contributed by atoms with van der Waals surface area (Å²) in [5.74, 6) is -0.0232. The predicted molar refractivity (Wildman–Crippen MR) is 50.6 cm³/mol. The molecule has 68 valence electrons. The molecule has 0 aromatic rings. The molecule has 1 heterocycles. The van der Waals surface area contributed by atoms with Crippen molar-refractivity contribution in [3.05, 3.63) is 0 Å². The summed E-state index contributed by atoms with van der Waals surface area (Å²) in [6.07, 6.45) is 0.0278. The Morgan fingerprint density at radius 1 is 1.67 bits per heavy atom. The zero-order valence-electron chi connectivity index (χ0n) is 7.50. The van der Waals surface area contributed by atoms with Crippen LogP contribution in [0.4, 0.5) is 0 Å². The molecule has 1 rings (SSSR count). The van der Waals surface area contributed by atoms with Gasteiger partial charge in [-0.15, -0.1) is 0 Å². The molecule has 0 saturated carbocycles. The number of rotatable bonds is 1. The van der Waals surface area contributed by atoms with E-state index in [4.69, 9.17) is 12.2 Å². The van der Waals surface area contributed by atoms with Crippen LogP contribution in [-0.4, -0.2) is 47.6 Å². The molecule has 1 unspecified atom stereocenters. The van der Waals surface area contributed by atoms with Gasteiger partial charge in [0.25, 0.3) is 0 Å². The van der Waals surface area contributed by atoms with E-state index in [2.05, 4.69) is 5.32 Å². The third-order valence-corrected chi connectivity index (χ3v) is 2.51. The lowest BCUT2D eigenvalue weighted by molar-refractivity contribution is -0.120. The van der Waals surface area contributed by atoms with Gasteiger partial charge >= 0.3 is 0 Å². The van der Waals surface area contributed by atoms with Gasteiger partial charge < -0.3 is 15.1 Å². The Bertz CT molecular complexity index is 219. The molecule has 0 radical (unpaired) electrons. The molecular formula is C7H13N3OS. The van der Waals surface area contributed by atoms with Crippen LogP contribution in [0.3, 0.4) is 0 Å². The van der Waals surface area contributed by atoms with Crippen LogP contribution < -0.4 is 5.32 Å². The normalized spacial score (nSPS) is 23.2. The third kappa shape index (κ3) is 1.66. The summed E-state index contributed by atoms with van der Waals surface area (Å²) >= 11 is 5.09. The Balaban J connectivity index is 2.58. The largest absolute Gasteiger partial charge is 0.348 e. The molecule has 12 heavy (non-hydrogen) atoms. The number of carbonyl (C=O) groups is 1. The minimum absolute atomic E-state index is 0.0232. The van der Waals surface area contributed by atoms with Crippen molar-refractivity contribution in [3.8, 4) is 0 Å². The fraction of sp³-hybridized carbons (Fsp3) is 0.714. The van der Waals surface area contributed by atoms with Crippen molar-refractivity contribution in [3.63, 3.8) is 0 Å². The summed E-state index contributed by atoms with van der Waals surface area (Å²) in [5.41, 5.74) is 0. The molecule has 1 saturated heterocycles. The maximum Gasteiger partial charge on any atom is 0.218 e. The zero-order chi connectivity index (χ0) is 9.30. The number of nitrogens with one attached hydrogen (secondary N) is 1. The van der Waals surface area contributed by atoms with Crippen molar-refractivity contribution in [2.24, 2.45) is 0 Å². The van der Waals surface area contributed by atoms with Crippen LogP contribution in [0.5, 0.6) is 0 Å². The van der Waals surface area contributed by atoms with Crippen LogP contribution in [0.15, 0.2) is 0 Å². The van der Waals surface area contributed by atoms with Crippen LogP contribution in [-0.2, 0) is 4.79 Å². The number of nitrogens with zero attached hydrogens (tertiary/aromatic N) is 2. The Kier molecular flexibility index (Phi) is 2.52. The van der Waals surface area contributed by atoms with Gasteiger partial charge in [0.15, 0.2) is 5.11 Å². The van der Waals surface area contributed by atoms with E-state index in [9.17, 15) is 4.79 Å². The molecule has 0 spiro atoms. The average Bonchev–Trinajstić information content (AvgIpc) is 2.17. The van der Waals surface area contributed by atoms with Crippen molar-refractivity contribution >= 4 is 23.2 Å².